The molecule has 0 aliphatic carbocycles. The first kappa shape index (κ1) is 11.0. The second-order valence-electron chi connectivity index (χ2n) is 3.76. The summed E-state index contributed by atoms with van der Waals surface area (Å²) in [7, 11) is 0. The third kappa shape index (κ3) is 3.33. The molecule has 1 heteroatoms. The molecule has 1 nitrogen and oxygen atoms in total. The first-order valence-electron chi connectivity index (χ1n) is 5.30. The Kier molecular flexibility index (Phi) is 4.37. The Labute approximate surface area is 86.1 Å². The molecule has 0 spiro atoms. The Hall–Kier alpha value is -1.11. The molecule has 0 aliphatic heterocycles. The third-order valence-electron chi connectivity index (χ3n) is 2.66. The first-order valence-corrected chi connectivity index (χ1v) is 5.30. The van der Waals surface area contributed by atoms with Crippen molar-refractivity contribution < 1.29 is 4.79 Å². The number of carbonyl (C=O) groups excluding carboxylic acids is 1. The largest absolute Gasteiger partial charge is 0.299 e. The molecule has 0 amide bonds. The van der Waals surface area contributed by atoms with Crippen molar-refractivity contribution in [1.82, 2.24) is 0 Å². The van der Waals surface area contributed by atoms with Gasteiger partial charge in [-0.15, -0.1) is 0 Å². The second-order valence-corrected chi connectivity index (χ2v) is 3.76. The van der Waals surface area contributed by atoms with Crippen molar-refractivity contribution in [2.24, 2.45) is 5.92 Å². The standard InChI is InChI=1S/C13H18O/c1-3-11(2)13(14)10-9-12-7-5-4-6-8-12/h4-8,11H,3,9-10H2,1-2H3/t11-/m1/s1. The van der Waals surface area contributed by atoms with E-state index in [9.17, 15) is 4.79 Å². The van der Waals surface area contributed by atoms with E-state index in [2.05, 4.69) is 19.1 Å². The number of Topliss-reactive ketones (excluding diaryl/α,β-unsaturated/α-hetero) is 1. The Bertz CT molecular complexity index is 277. The van der Waals surface area contributed by atoms with Gasteiger partial charge in [0.25, 0.3) is 0 Å². The molecule has 0 fully saturated rings. The quantitative estimate of drug-likeness (QED) is 0.696. The molecule has 1 atom stereocenters. The minimum absolute atomic E-state index is 0.221. The summed E-state index contributed by atoms with van der Waals surface area (Å²) in [4.78, 5) is 11.5. The molecule has 0 saturated carbocycles. The molecule has 1 aromatic rings. The van der Waals surface area contributed by atoms with Gasteiger partial charge in [-0.1, -0.05) is 44.2 Å². The van der Waals surface area contributed by atoms with E-state index in [0.717, 1.165) is 12.8 Å². The van der Waals surface area contributed by atoms with Gasteiger partial charge in [0.05, 0.1) is 0 Å². The van der Waals surface area contributed by atoms with Crippen LogP contribution in [-0.4, -0.2) is 5.78 Å². The average molecular weight is 190 g/mol. The van der Waals surface area contributed by atoms with Crippen LogP contribution in [0.1, 0.15) is 32.3 Å². The van der Waals surface area contributed by atoms with Gasteiger partial charge in [-0.3, -0.25) is 4.79 Å². The first-order chi connectivity index (χ1) is 6.74. The van der Waals surface area contributed by atoms with Crippen LogP contribution >= 0.6 is 0 Å². The maximum atomic E-state index is 11.5. The predicted octanol–water partition coefficient (Wildman–Crippen LogP) is 3.23. The van der Waals surface area contributed by atoms with Crippen molar-refractivity contribution >= 4 is 5.78 Å². The number of carbonyl (C=O) groups is 1. The molecule has 0 N–H and O–H groups in total. The van der Waals surface area contributed by atoms with Crippen molar-refractivity contribution in [3.63, 3.8) is 0 Å². The van der Waals surface area contributed by atoms with E-state index >= 15 is 0 Å². The van der Waals surface area contributed by atoms with Crippen molar-refractivity contribution in [2.75, 3.05) is 0 Å². The fourth-order valence-corrected chi connectivity index (χ4v) is 1.39. The summed E-state index contributed by atoms with van der Waals surface area (Å²) in [6.45, 7) is 4.07. The summed E-state index contributed by atoms with van der Waals surface area (Å²) < 4.78 is 0. The van der Waals surface area contributed by atoms with Gasteiger partial charge < -0.3 is 0 Å². The number of aryl methyl sites for hydroxylation is 1. The number of hydrogen-bond donors (Lipinski definition) is 0. The van der Waals surface area contributed by atoms with E-state index in [1.165, 1.54) is 5.56 Å². The minimum atomic E-state index is 0.221. The number of ketones is 1. The van der Waals surface area contributed by atoms with Gasteiger partial charge in [-0.05, 0) is 18.4 Å². The highest BCUT2D eigenvalue weighted by Gasteiger charge is 2.09. The Morgan fingerprint density at radius 2 is 1.93 bits per heavy atom. The molecular weight excluding hydrogens is 172 g/mol. The van der Waals surface area contributed by atoms with Gasteiger partial charge in [-0.2, -0.15) is 0 Å². The molecule has 1 rings (SSSR count). The zero-order chi connectivity index (χ0) is 10.4. The van der Waals surface area contributed by atoms with Crippen LogP contribution < -0.4 is 0 Å². The van der Waals surface area contributed by atoms with E-state index in [-0.39, 0.29) is 5.92 Å². The van der Waals surface area contributed by atoms with Crippen LogP contribution in [0.15, 0.2) is 30.3 Å². The lowest BCUT2D eigenvalue weighted by Crippen LogP contribution is -2.10. The topological polar surface area (TPSA) is 17.1 Å². The molecule has 0 radical (unpaired) electrons. The van der Waals surface area contributed by atoms with E-state index in [1.54, 1.807) is 0 Å². The maximum absolute atomic E-state index is 11.5. The zero-order valence-corrected chi connectivity index (χ0v) is 8.99. The molecule has 0 heterocycles. The summed E-state index contributed by atoms with van der Waals surface area (Å²) in [5, 5.41) is 0. The molecule has 0 saturated heterocycles. The molecular formula is C13H18O. The molecule has 1 aromatic carbocycles. The highest BCUT2D eigenvalue weighted by molar-refractivity contribution is 5.80. The molecule has 0 aromatic heterocycles. The van der Waals surface area contributed by atoms with Crippen molar-refractivity contribution in [3.8, 4) is 0 Å². The van der Waals surface area contributed by atoms with Crippen molar-refractivity contribution in [3.05, 3.63) is 35.9 Å². The highest BCUT2D eigenvalue weighted by atomic mass is 16.1. The van der Waals surface area contributed by atoms with E-state index in [0.29, 0.717) is 12.2 Å². The summed E-state index contributed by atoms with van der Waals surface area (Å²) in [5.41, 5.74) is 1.25. The predicted molar refractivity (Wildman–Crippen MR) is 59.2 cm³/mol. The van der Waals surface area contributed by atoms with Gasteiger partial charge in [0, 0.05) is 12.3 Å². The monoisotopic (exact) mass is 190 g/mol. The van der Waals surface area contributed by atoms with Gasteiger partial charge in [-0.25, -0.2) is 0 Å². The zero-order valence-electron chi connectivity index (χ0n) is 8.99. The van der Waals surface area contributed by atoms with Crippen LogP contribution in [0, 0.1) is 5.92 Å². The molecule has 0 aliphatic rings. The van der Waals surface area contributed by atoms with E-state index in [4.69, 9.17) is 0 Å². The summed E-state index contributed by atoms with van der Waals surface area (Å²) in [5.74, 6) is 0.607. The number of hydrogen-bond acceptors (Lipinski definition) is 1. The van der Waals surface area contributed by atoms with Crippen LogP contribution in [0.25, 0.3) is 0 Å². The lowest BCUT2D eigenvalue weighted by atomic mass is 9.98. The molecule has 14 heavy (non-hydrogen) atoms. The summed E-state index contributed by atoms with van der Waals surface area (Å²) in [6.07, 6.45) is 2.51. The lowest BCUT2D eigenvalue weighted by molar-refractivity contribution is -0.122. The number of benzene rings is 1. The Morgan fingerprint density at radius 3 is 2.50 bits per heavy atom. The van der Waals surface area contributed by atoms with Gasteiger partial charge >= 0.3 is 0 Å². The SMILES string of the molecule is CC[C@@H](C)C(=O)CCc1ccccc1. The molecule has 76 valence electrons. The van der Waals surface area contributed by atoms with Crippen molar-refractivity contribution in [1.29, 1.82) is 0 Å². The maximum Gasteiger partial charge on any atom is 0.136 e. The lowest BCUT2D eigenvalue weighted by Gasteiger charge is -2.06. The van der Waals surface area contributed by atoms with E-state index < -0.39 is 0 Å². The van der Waals surface area contributed by atoms with E-state index in [1.807, 2.05) is 25.1 Å². The third-order valence-corrected chi connectivity index (χ3v) is 2.66. The van der Waals surface area contributed by atoms with Crippen molar-refractivity contribution in [2.45, 2.75) is 33.1 Å². The van der Waals surface area contributed by atoms with Gasteiger partial charge in [0.15, 0.2) is 0 Å². The second kappa shape index (κ2) is 5.58. The molecule has 0 unspecified atom stereocenters. The Morgan fingerprint density at radius 1 is 1.29 bits per heavy atom. The van der Waals surface area contributed by atoms with Crippen LogP contribution in [0.3, 0.4) is 0 Å². The van der Waals surface area contributed by atoms with Crippen LogP contribution in [0.4, 0.5) is 0 Å². The van der Waals surface area contributed by atoms with Gasteiger partial charge in [0.1, 0.15) is 5.78 Å². The summed E-state index contributed by atoms with van der Waals surface area (Å²) in [6, 6.07) is 10.2. The normalized spacial score (nSPS) is 12.4. The Balaban J connectivity index is 2.38. The minimum Gasteiger partial charge on any atom is -0.299 e. The van der Waals surface area contributed by atoms with Crippen LogP contribution in [0.5, 0.6) is 0 Å². The molecule has 0 bridgehead atoms. The highest BCUT2D eigenvalue weighted by Crippen LogP contribution is 2.09. The van der Waals surface area contributed by atoms with Crippen LogP contribution in [0.2, 0.25) is 0 Å². The summed E-state index contributed by atoms with van der Waals surface area (Å²) >= 11 is 0. The van der Waals surface area contributed by atoms with Crippen LogP contribution in [-0.2, 0) is 11.2 Å². The van der Waals surface area contributed by atoms with Gasteiger partial charge in [0.2, 0.25) is 0 Å². The fourth-order valence-electron chi connectivity index (χ4n) is 1.39. The average Bonchev–Trinajstić information content (AvgIpc) is 2.26. The fraction of sp³-hybridized carbons (Fsp3) is 0.462. The number of rotatable bonds is 5. The smallest absolute Gasteiger partial charge is 0.136 e.